The maximum absolute atomic E-state index is 9.25. The van der Waals surface area contributed by atoms with Crippen LogP contribution in [0.15, 0.2) is 0 Å². The summed E-state index contributed by atoms with van der Waals surface area (Å²) in [6.45, 7) is 0. The Kier molecular flexibility index (Phi) is 2.56. The molecule has 3 nitrogen and oxygen atoms in total. The van der Waals surface area contributed by atoms with Gasteiger partial charge >= 0.3 is 35.7 Å². The Morgan fingerprint density at radius 1 is 1.80 bits per heavy atom. The van der Waals surface area contributed by atoms with E-state index in [1.165, 1.54) is 0 Å². The second-order valence-electron chi connectivity index (χ2n) is 0.372. The van der Waals surface area contributed by atoms with E-state index in [0.717, 1.165) is 0 Å². The molecule has 0 aliphatic rings. The van der Waals surface area contributed by atoms with Gasteiger partial charge in [-0.3, -0.25) is 0 Å². The van der Waals surface area contributed by atoms with Gasteiger partial charge in [-0.2, -0.15) is 0 Å². The molecule has 1 N–H and O–H groups in total. The van der Waals surface area contributed by atoms with Crippen molar-refractivity contribution in [2.24, 2.45) is 0 Å². The number of carbonyl (C=O) groups excluding carboxylic acids is 1. The molecule has 0 spiro atoms. The Balaban J connectivity index is 3.20. The summed E-state index contributed by atoms with van der Waals surface area (Å²) in [5.74, 6) is 0. The van der Waals surface area contributed by atoms with Crippen LogP contribution in [0.25, 0.3) is 0 Å². The number of carbonyl (C=O) groups is 1. The first-order chi connectivity index (χ1) is 2.27. The van der Waals surface area contributed by atoms with Gasteiger partial charge < -0.3 is 0 Å². The van der Waals surface area contributed by atoms with E-state index in [2.05, 4.69) is 0 Å². The van der Waals surface area contributed by atoms with Crippen LogP contribution in [0.2, 0.25) is 0 Å². The monoisotopic (exact) mass is 192 g/mol. The molecular weight excluding hydrogens is 188 g/mol. The van der Waals surface area contributed by atoms with Crippen molar-refractivity contribution in [2.45, 2.75) is 0 Å². The molecule has 0 aromatic rings. The van der Waals surface area contributed by atoms with Gasteiger partial charge in [0, 0.05) is 0 Å². The van der Waals surface area contributed by atoms with Crippen molar-refractivity contribution in [3.63, 3.8) is 0 Å². The van der Waals surface area contributed by atoms with Gasteiger partial charge in [-0.1, -0.05) is 0 Å². The fourth-order valence-corrected chi connectivity index (χ4v) is 0. The van der Waals surface area contributed by atoms with Gasteiger partial charge in [-0.05, 0) is 0 Å². The van der Waals surface area contributed by atoms with Crippen molar-refractivity contribution in [2.75, 3.05) is 0 Å². The molecule has 30 valence electrons. The van der Waals surface area contributed by atoms with Crippen molar-refractivity contribution in [3.05, 3.63) is 0 Å². The minimum absolute atomic E-state index is 0.0867. The first kappa shape index (κ1) is 5.22. The Morgan fingerprint density at radius 2 is 2.00 bits per heavy atom. The van der Waals surface area contributed by atoms with Crippen LogP contribution >= 0.6 is 0 Å². The molecule has 0 aromatic carbocycles. The van der Waals surface area contributed by atoms with Crippen LogP contribution in [0.1, 0.15) is 0 Å². The van der Waals surface area contributed by atoms with Gasteiger partial charge in [-0.25, -0.2) is 0 Å². The summed E-state index contributed by atoms with van der Waals surface area (Å²) in [5.41, 5.74) is 0. The standard InChI is InChI=1S/CH2O3Te/c2-1-5(3)4/h1H,(H,3,4). The maximum atomic E-state index is 9.25. The van der Waals surface area contributed by atoms with Crippen molar-refractivity contribution < 1.29 is 11.4 Å². The molecule has 0 radical (unpaired) electrons. The van der Waals surface area contributed by atoms with E-state index in [1.807, 2.05) is 0 Å². The molecule has 0 bridgehead atoms. The molecule has 0 saturated carbocycles. The molecule has 0 atom stereocenters. The quantitative estimate of drug-likeness (QED) is 0.411. The summed E-state index contributed by atoms with van der Waals surface area (Å²) in [6.07, 6.45) is 0. The Hall–Kier alpha value is 0.220. The van der Waals surface area contributed by atoms with Crippen LogP contribution in [-0.2, 0) is 7.90 Å². The SMILES string of the molecule is O=C[Te](=O)O. The summed E-state index contributed by atoms with van der Waals surface area (Å²) in [7, 11) is 0. The summed E-state index contributed by atoms with van der Waals surface area (Å²) >= 11 is -3.31. The average molecular weight is 190 g/mol. The molecule has 0 unspecified atom stereocenters. The molecule has 0 fully saturated rings. The van der Waals surface area contributed by atoms with Gasteiger partial charge in [0.1, 0.15) is 0 Å². The second-order valence-corrected chi connectivity index (χ2v) is 2.50. The summed E-state index contributed by atoms with van der Waals surface area (Å²) < 4.78 is 16.9. The zero-order chi connectivity index (χ0) is 4.28. The third-order valence-electron chi connectivity index (χ3n) is 0.0823. The Morgan fingerprint density at radius 3 is 2.00 bits per heavy atom. The topological polar surface area (TPSA) is 54.4 Å². The zero-order valence-corrected chi connectivity index (χ0v) is 4.58. The summed E-state index contributed by atoms with van der Waals surface area (Å²) in [6, 6.07) is 0. The number of rotatable bonds is 1. The van der Waals surface area contributed by atoms with Crippen LogP contribution < -0.4 is 0 Å². The second kappa shape index (κ2) is 2.46. The zero-order valence-electron chi connectivity index (χ0n) is 2.25. The van der Waals surface area contributed by atoms with E-state index in [-0.39, 0.29) is 4.33 Å². The van der Waals surface area contributed by atoms with E-state index in [0.29, 0.717) is 0 Å². The fraction of sp³-hybridized carbons (Fsp3) is 0. The Labute approximate surface area is 36.2 Å². The first-order valence-electron chi connectivity index (χ1n) is 0.821. The van der Waals surface area contributed by atoms with E-state index in [9.17, 15) is 3.10 Å². The molecule has 5 heavy (non-hydrogen) atoms. The number of hydrogen-bond acceptors (Lipinski definition) is 2. The Bertz CT molecular complexity index is 57.9. The van der Waals surface area contributed by atoms with Crippen LogP contribution in [0.4, 0.5) is 0 Å². The predicted octanol–water partition coefficient (Wildman–Crippen LogP) is -1.33. The number of hydrogen-bond donors (Lipinski definition) is 1. The molecule has 0 aliphatic carbocycles. The van der Waals surface area contributed by atoms with Gasteiger partial charge in [0.15, 0.2) is 0 Å². The van der Waals surface area contributed by atoms with E-state index >= 15 is 0 Å². The molecule has 0 rings (SSSR count). The van der Waals surface area contributed by atoms with Gasteiger partial charge in [-0.15, -0.1) is 0 Å². The average Bonchev–Trinajstić information content (AvgIpc) is 1.38. The molecule has 0 saturated heterocycles. The molecule has 0 aliphatic heterocycles. The predicted molar refractivity (Wildman–Crippen MR) is 15.4 cm³/mol. The van der Waals surface area contributed by atoms with E-state index in [4.69, 9.17) is 8.27 Å². The third kappa shape index (κ3) is 4.22. The molecule has 0 heterocycles. The van der Waals surface area contributed by atoms with E-state index in [1.54, 1.807) is 0 Å². The molecular formula is CH2O3Te. The molecule has 0 aromatic heterocycles. The molecule has 0 amide bonds. The minimum atomic E-state index is -3.31. The summed E-state index contributed by atoms with van der Waals surface area (Å²) in [5, 5.41) is 0. The fourth-order valence-electron chi connectivity index (χ4n) is 0. The third-order valence-corrected chi connectivity index (χ3v) is 0.552. The van der Waals surface area contributed by atoms with Crippen LogP contribution in [0.5, 0.6) is 0 Å². The normalized spacial score (nSPS) is 8.40. The van der Waals surface area contributed by atoms with Gasteiger partial charge in [0.25, 0.3) is 0 Å². The van der Waals surface area contributed by atoms with Gasteiger partial charge in [0.2, 0.25) is 0 Å². The van der Waals surface area contributed by atoms with Crippen LogP contribution in [-0.4, -0.2) is 27.8 Å². The van der Waals surface area contributed by atoms with Crippen LogP contribution in [0, 0.1) is 0 Å². The summed E-state index contributed by atoms with van der Waals surface area (Å²) in [4.78, 5) is 9.02. The van der Waals surface area contributed by atoms with Crippen molar-refractivity contribution in [3.8, 4) is 0 Å². The van der Waals surface area contributed by atoms with E-state index < -0.39 is 19.9 Å². The van der Waals surface area contributed by atoms with Crippen molar-refractivity contribution in [1.29, 1.82) is 0 Å². The van der Waals surface area contributed by atoms with Gasteiger partial charge in [0.05, 0.1) is 0 Å². The van der Waals surface area contributed by atoms with Crippen LogP contribution in [0.3, 0.4) is 0 Å². The molecule has 4 heteroatoms. The first-order valence-corrected chi connectivity index (χ1v) is 4.16. The van der Waals surface area contributed by atoms with Crippen molar-refractivity contribution >= 4 is 24.3 Å². The van der Waals surface area contributed by atoms with Crippen molar-refractivity contribution in [1.82, 2.24) is 0 Å².